The number of carbonyl (C=O) groups is 1. The molecule has 0 aliphatic rings. The zero-order valence-electron chi connectivity index (χ0n) is 14.3. The number of halogens is 3. The Kier molecular flexibility index (Phi) is 7.29. The van der Waals surface area contributed by atoms with E-state index in [0.717, 1.165) is 10.6 Å². The van der Waals surface area contributed by atoms with Gasteiger partial charge in [-0.1, -0.05) is 23.2 Å². The van der Waals surface area contributed by atoms with Crippen LogP contribution in [0.5, 0.6) is 5.75 Å². The highest BCUT2D eigenvalue weighted by molar-refractivity contribution is 7.92. The summed E-state index contributed by atoms with van der Waals surface area (Å²) in [6, 6.07) is 9.73. The van der Waals surface area contributed by atoms with E-state index in [4.69, 9.17) is 27.9 Å². The van der Waals surface area contributed by atoms with Gasteiger partial charge in [-0.3, -0.25) is 9.10 Å². The van der Waals surface area contributed by atoms with Gasteiger partial charge in [0.2, 0.25) is 15.9 Å². The molecule has 0 unspecified atom stereocenters. The number of amides is 1. The van der Waals surface area contributed by atoms with Crippen molar-refractivity contribution in [2.24, 2.45) is 0 Å². The number of anilines is 1. The monoisotopic (exact) mass is 434 g/mol. The number of ether oxygens (including phenoxy) is 1. The Morgan fingerprint density at radius 2 is 1.81 bits per heavy atom. The van der Waals surface area contributed by atoms with Crippen molar-refractivity contribution >= 4 is 44.8 Å². The van der Waals surface area contributed by atoms with Crippen LogP contribution < -0.4 is 14.4 Å². The van der Waals surface area contributed by atoms with Crippen LogP contribution in [0.3, 0.4) is 0 Å². The number of nitrogens with one attached hydrogen (secondary N) is 1. The second-order valence-corrected chi connectivity index (χ2v) is 8.24. The SMILES string of the molecule is CS(=O)(=O)N(CC(=O)NCCOc1ccc(F)cc1)c1ccc(Cl)c(Cl)c1. The van der Waals surface area contributed by atoms with Crippen LogP contribution in [0.1, 0.15) is 0 Å². The van der Waals surface area contributed by atoms with E-state index in [-0.39, 0.29) is 34.7 Å². The smallest absolute Gasteiger partial charge is 0.240 e. The lowest BCUT2D eigenvalue weighted by Crippen LogP contribution is -2.41. The molecule has 0 saturated carbocycles. The number of hydrogen-bond acceptors (Lipinski definition) is 4. The fourth-order valence-electron chi connectivity index (χ4n) is 2.12. The summed E-state index contributed by atoms with van der Waals surface area (Å²) in [5, 5.41) is 3.01. The summed E-state index contributed by atoms with van der Waals surface area (Å²) in [4.78, 5) is 12.1. The van der Waals surface area contributed by atoms with Gasteiger partial charge >= 0.3 is 0 Å². The van der Waals surface area contributed by atoms with E-state index in [2.05, 4.69) is 5.32 Å². The van der Waals surface area contributed by atoms with Gasteiger partial charge in [0.05, 0.1) is 28.5 Å². The molecule has 0 saturated heterocycles. The van der Waals surface area contributed by atoms with Gasteiger partial charge in [0.15, 0.2) is 0 Å². The van der Waals surface area contributed by atoms with E-state index in [9.17, 15) is 17.6 Å². The minimum absolute atomic E-state index is 0.142. The van der Waals surface area contributed by atoms with Crippen molar-refractivity contribution in [2.45, 2.75) is 0 Å². The summed E-state index contributed by atoms with van der Waals surface area (Å²) in [7, 11) is -3.72. The highest BCUT2D eigenvalue weighted by Gasteiger charge is 2.21. The normalized spacial score (nSPS) is 11.1. The Morgan fingerprint density at radius 3 is 2.41 bits per heavy atom. The lowest BCUT2D eigenvalue weighted by Gasteiger charge is -2.22. The highest BCUT2D eigenvalue weighted by atomic mass is 35.5. The van der Waals surface area contributed by atoms with Gasteiger partial charge in [-0.2, -0.15) is 0 Å². The summed E-state index contributed by atoms with van der Waals surface area (Å²) in [6.07, 6.45) is 0.987. The van der Waals surface area contributed by atoms with E-state index >= 15 is 0 Å². The molecule has 2 aromatic rings. The number of sulfonamides is 1. The molecule has 0 aliphatic heterocycles. The van der Waals surface area contributed by atoms with Crippen molar-refractivity contribution in [1.82, 2.24) is 5.32 Å². The lowest BCUT2D eigenvalue weighted by molar-refractivity contribution is -0.119. The molecule has 27 heavy (non-hydrogen) atoms. The minimum atomic E-state index is -3.72. The Labute approximate surface area is 166 Å². The molecule has 6 nitrogen and oxygen atoms in total. The van der Waals surface area contributed by atoms with Crippen LogP contribution in [0.25, 0.3) is 0 Å². The average Bonchev–Trinajstić information content (AvgIpc) is 2.60. The van der Waals surface area contributed by atoms with Crippen molar-refractivity contribution in [3.8, 4) is 5.75 Å². The predicted molar refractivity (Wildman–Crippen MR) is 104 cm³/mol. The average molecular weight is 435 g/mol. The number of nitrogens with zero attached hydrogens (tertiary/aromatic N) is 1. The molecule has 0 heterocycles. The Morgan fingerprint density at radius 1 is 1.15 bits per heavy atom. The molecule has 0 radical (unpaired) electrons. The Bertz CT molecular complexity index is 908. The quantitative estimate of drug-likeness (QED) is 0.647. The van der Waals surface area contributed by atoms with Crippen LogP contribution in [0.15, 0.2) is 42.5 Å². The van der Waals surface area contributed by atoms with Crippen LogP contribution in [-0.4, -0.2) is 40.3 Å². The largest absolute Gasteiger partial charge is 0.492 e. The zero-order valence-corrected chi connectivity index (χ0v) is 16.6. The maximum absolute atomic E-state index is 12.8. The predicted octanol–water partition coefficient (Wildman–Crippen LogP) is 3.09. The van der Waals surface area contributed by atoms with E-state index < -0.39 is 22.5 Å². The fourth-order valence-corrected chi connectivity index (χ4v) is 3.26. The van der Waals surface area contributed by atoms with Gasteiger partial charge in [-0.25, -0.2) is 12.8 Å². The van der Waals surface area contributed by atoms with E-state index in [1.165, 1.54) is 42.5 Å². The van der Waals surface area contributed by atoms with E-state index in [1.54, 1.807) is 0 Å². The molecule has 0 spiro atoms. The number of rotatable bonds is 8. The maximum atomic E-state index is 12.8. The lowest BCUT2D eigenvalue weighted by atomic mass is 10.3. The topological polar surface area (TPSA) is 75.7 Å². The Balaban J connectivity index is 1.92. The molecule has 0 aliphatic carbocycles. The molecule has 2 rings (SSSR count). The van der Waals surface area contributed by atoms with Crippen molar-refractivity contribution in [3.05, 3.63) is 58.3 Å². The first-order chi connectivity index (χ1) is 12.7. The molecule has 146 valence electrons. The van der Waals surface area contributed by atoms with Crippen molar-refractivity contribution < 1.29 is 22.3 Å². The third kappa shape index (κ3) is 6.57. The summed E-state index contributed by atoms with van der Waals surface area (Å²) in [6.45, 7) is -0.133. The zero-order chi connectivity index (χ0) is 20.0. The molecule has 2 aromatic carbocycles. The van der Waals surface area contributed by atoms with Crippen LogP contribution in [-0.2, 0) is 14.8 Å². The molecule has 1 amide bonds. The molecule has 1 N–H and O–H groups in total. The van der Waals surface area contributed by atoms with E-state index in [1.807, 2.05) is 0 Å². The van der Waals surface area contributed by atoms with Crippen molar-refractivity contribution in [1.29, 1.82) is 0 Å². The van der Waals surface area contributed by atoms with Crippen LogP contribution in [0.4, 0.5) is 10.1 Å². The molecular formula is C17H17Cl2FN2O4S. The van der Waals surface area contributed by atoms with Crippen molar-refractivity contribution in [2.75, 3.05) is 30.3 Å². The molecule has 0 bridgehead atoms. The first-order valence-electron chi connectivity index (χ1n) is 7.74. The third-order valence-electron chi connectivity index (χ3n) is 3.39. The second kappa shape index (κ2) is 9.25. The molecule has 0 fully saturated rings. The molecule has 0 aromatic heterocycles. The fraction of sp³-hybridized carbons (Fsp3) is 0.235. The van der Waals surface area contributed by atoms with Gasteiger partial charge in [0.1, 0.15) is 24.7 Å². The number of hydrogen-bond donors (Lipinski definition) is 1. The first kappa shape index (κ1) is 21.3. The van der Waals surface area contributed by atoms with Crippen LogP contribution >= 0.6 is 23.2 Å². The second-order valence-electron chi connectivity index (χ2n) is 5.52. The third-order valence-corrected chi connectivity index (χ3v) is 5.26. The number of carbonyl (C=O) groups excluding carboxylic acids is 1. The molecule has 0 atom stereocenters. The standard InChI is InChI=1S/C17H17Cl2FN2O4S/c1-27(24,25)22(13-4-7-15(18)16(19)10-13)11-17(23)21-8-9-26-14-5-2-12(20)3-6-14/h2-7,10H,8-9,11H2,1H3,(H,21,23). The van der Waals surface area contributed by atoms with Crippen LogP contribution in [0.2, 0.25) is 10.0 Å². The van der Waals surface area contributed by atoms with Gasteiger partial charge in [-0.15, -0.1) is 0 Å². The molecular weight excluding hydrogens is 418 g/mol. The summed E-state index contributed by atoms with van der Waals surface area (Å²) in [5.74, 6) is -0.438. The van der Waals surface area contributed by atoms with E-state index in [0.29, 0.717) is 5.75 Å². The maximum Gasteiger partial charge on any atom is 0.240 e. The summed E-state index contributed by atoms with van der Waals surface area (Å²) < 4.78 is 43.1. The summed E-state index contributed by atoms with van der Waals surface area (Å²) >= 11 is 11.8. The highest BCUT2D eigenvalue weighted by Crippen LogP contribution is 2.28. The van der Waals surface area contributed by atoms with Crippen molar-refractivity contribution in [3.63, 3.8) is 0 Å². The minimum Gasteiger partial charge on any atom is -0.492 e. The van der Waals surface area contributed by atoms with Gasteiger partial charge in [0, 0.05) is 0 Å². The summed E-state index contributed by atoms with van der Waals surface area (Å²) in [5.41, 5.74) is 0.226. The van der Waals surface area contributed by atoms with Crippen LogP contribution in [0, 0.1) is 5.82 Å². The number of benzene rings is 2. The van der Waals surface area contributed by atoms with Gasteiger partial charge < -0.3 is 10.1 Å². The first-order valence-corrected chi connectivity index (χ1v) is 10.3. The Hall–Kier alpha value is -2.03. The van der Waals surface area contributed by atoms with Gasteiger partial charge in [0.25, 0.3) is 0 Å². The van der Waals surface area contributed by atoms with Gasteiger partial charge in [-0.05, 0) is 42.5 Å². The molecule has 10 heteroatoms.